The summed E-state index contributed by atoms with van der Waals surface area (Å²) in [6, 6.07) is 16.3. The monoisotopic (exact) mass is 462 g/mol. The smallest absolute Gasteiger partial charge is 0.407 e. The van der Waals surface area contributed by atoms with E-state index in [1.807, 2.05) is 24.3 Å². The molecule has 0 unspecified atom stereocenters. The molecule has 1 saturated carbocycles. The molecule has 7 nitrogen and oxygen atoms in total. The average molecular weight is 463 g/mol. The number of hydrogen-bond donors (Lipinski definition) is 2. The number of likely N-dealkylation sites (tertiary alicyclic amines) is 1. The van der Waals surface area contributed by atoms with Crippen molar-refractivity contribution >= 4 is 18.0 Å². The van der Waals surface area contributed by atoms with Crippen molar-refractivity contribution in [2.24, 2.45) is 11.3 Å². The fourth-order valence-electron chi connectivity index (χ4n) is 5.70. The summed E-state index contributed by atoms with van der Waals surface area (Å²) in [5.74, 6) is -1.05. The van der Waals surface area contributed by atoms with E-state index in [0.29, 0.717) is 6.42 Å². The van der Waals surface area contributed by atoms with Crippen molar-refractivity contribution in [1.82, 2.24) is 10.2 Å². The number of nitrogens with zero attached hydrogens (tertiary/aromatic N) is 1. The fraction of sp³-hybridized carbons (Fsp3) is 0.444. The molecule has 1 saturated heterocycles. The number of amides is 2. The van der Waals surface area contributed by atoms with E-state index >= 15 is 0 Å². The first-order valence-corrected chi connectivity index (χ1v) is 12.0. The third kappa shape index (κ3) is 4.04. The zero-order chi connectivity index (χ0) is 23.9. The molecule has 2 fully saturated rings. The van der Waals surface area contributed by atoms with Gasteiger partial charge in [-0.05, 0) is 48.4 Å². The van der Waals surface area contributed by atoms with E-state index in [9.17, 15) is 19.5 Å². The lowest BCUT2D eigenvalue weighted by Crippen LogP contribution is -2.62. The Morgan fingerprint density at radius 3 is 2.26 bits per heavy atom. The van der Waals surface area contributed by atoms with Gasteiger partial charge in [0.05, 0.1) is 5.41 Å². The lowest BCUT2D eigenvalue weighted by Gasteiger charge is -2.46. The molecule has 34 heavy (non-hydrogen) atoms. The first-order valence-electron chi connectivity index (χ1n) is 12.0. The minimum absolute atomic E-state index is 0.00207. The number of rotatable bonds is 5. The van der Waals surface area contributed by atoms with Crippen LogP contribution in [0.4, 0.5) is 4.79 Å². The summed E-state index contributed by atoms with van der Waals surface area (Å²) >= 11 is 0. The molecule has 0 bridgehead atoms. The molecular weight excluding hydrogens is 432 g/mol. The molecule has 0 spiro atoms. The van der Waals surface area contributed by atoms with Crippen molar-refractivity contribution in [3.63, 3.8) is 0 Å². The molecule has 3 aliphatic rings. The second-order valence-electron chi connectivity index (χ2n) is 10.1. The molecule has 7 heteroatoms. The number of hydrogen-bond acceptors (Lipinski definition) is 4. The first-order chi connectivity index (χ1) is 16.4. The number of aliphatic carboxylic acids is 1. The van der Waals surface area contributed by atoms with Crippen molar-refractivity contribution in [3.8, 4) is 11.1 Å². The average Bonchev–Trinajstić information content (AvgIpc) is 3.14. The molecule has 2 atom stereocenters. The zero-order valence-electron chi connectivity index (χ0n) is 19.3. The standard InChI is InChI=1S/C27H30N2O5/c1-27(25(31)32)15-29(16-27)24(30)17-7-6-8-18(13-17)28-26(33)34-14-23-21-11-4-2-9-19(21)20-10-3-5-12-22(20)23/h2-5,9-12,17-18,23H,6-8,13-16H2,1H3,(H,28,33)(H,31,32)/t17-,18+/m1/s1. The van der Waals surface area contributed by atoms with Gasteiger partial charge < -0.3 is 20.1 Å². The van der Waals surface area contributed by atoms with Gasteiger partial charge in [-0.2, -0.15) is 0 Å². The maximum absolute atomic E-state index is 12.8. The Bertz CT molecular complexity index is 1080. The highest BCUT2D eigenvalue weighted by Gasteiger charge is 2.48. The Morgan fingerprint density at radius 1 is 1.03 bits per heavy atom. The molecule has 2 N–H and O–H groups in total. The Balaban J connectivity index is 1.15. The van der Waals surface area contributed by atoms with Crippen LogP contribution in [0.5, 0.6) is 0 Å². The summed E-state index contributed by atoms with van der Waals surface area (Å²) in [6.07, 6.45) is 2.52. The molecule has 2 aromatic carbocycles. The predicted octanol–water partition coefficient (Wildman–Crippen LogP) is 4.02. The van der Waals surface area contributed by atoms with Gasteiger partial charge in [0.25, 0.3) is 0 Å². The highest BCUT2D eigenvalue weighted by atomic mass is 16.5. The fourth-order valence-corrected chi connectivity index (χ4v) is 5.70. The largest absolute Gasteiger partial charge is 0.481 e. The Kier molecular flexibility index (Phi) is 5.80. The normalized spacial score (nSPS) is 22.8. The lowest BCUT2D eigenvalue weighted by atomic mass is 9.79. The second kappa shape index (κ2) is 8.78. The Labute approximate surface area is 199 Å². The van der Waals surface area contributed by atoms with E-state index in [2.05, 4.69) is 29.6 Å². The van der Waals surface area contributed by atoms with Gasteiger partial charge in [0.1, 0.15) is 6.61 Å². The van der Waals surface area contributed by atoms with Gasteiger partial charge in [-0.1, -0.05) is 55.0 Å². The van der Waals surface area contributed by atoms with Crippen molar-refractivity contribution < 1.29 is 24.2 Å². The highest BCUT2D eigenvalue weighted by Crippen LogP contribution is 2.44. The first kappa shape index (κ1) is 22.4. The van der Waals surface area contributed by atoms with E-state index in [1.165, 1.54) is 22.3 Å². The van der Waals surface area contributed by atoms with Crippen LogP contribution in [0.25, 0.3) is 11.1 Å². The van der Waals surface area contributed by atoms with Crippen LogP contribution >= 0.6 is 0 Å². The van der Waals surface area contributed by atoms with Crippen LogP contribution in [0.2, 0.25) is 0 Å². The number of fused-ring (bicyclic) bond motifs is 3. The van der Waals surface area contributed by atoms with Crippen molar-refractivity contribution in [3.05, 3.63) is 59.7 Å². The molecule has 178 valence electrons. The maximum Gasteiger partial charge on any atom is 0.407 e. The van der Waals surface area contributed by atoms with Crippen LogP contribution < -0.4 is 5.32 Å². The molecule has 5 rings (SSSR count). The third-order valence-corrected chi connectivity index (χ3v) is 7.60. The van der Waals surface area contributed by atoms with E-state index < -0.39 is 17.5 Å². The van der Waals surface area contributed by atoms with E-state index in [4.69, 9.17) is 4.74 Å². The van der Waals surface area contributed by atoms with E-state index in [-0.39, 0.29) is 43.5 Å². The number of nitrogens with one attached hydrogen (secondary N) is 1. The Morgan fingerprint density at radius 2 is 1.65 bits per heavy atom. The SMILES string of the molecule is CC1(C(=O)O)CN(C(=O)[C@@H]2CCC[C@H](NC(=O)OCC3c4ccccc4-c4ccccc43)C2)C1. The quantitative estimate of drug-likeness (QED) is 0.700. The van der Waals surface area contributed by atoms with Crippen molar-refractivity contribution in [2.45, 2.75) is 44.6 Å². The van der Waals surface area contributed by atoms with Crippen LogP contribution in [0.3, 0.4) is 0 Å². The molecule has 0 aromatic heterocycles. The number of benzene rings is 2. The number of carboxylic acid groups (broad SMARTS) is 1. The molecule has 1 aliphatic heterocycles. The summed E-state index contributed by atoms with van der Waals surface area (Å²) in [4.78, 5) is 38.4. The lowest BCUT2D eigenvalue weighted by molar-refractivity contribution is -0.166. The number of ether oxygens (including phenoxy) is 1. The molecule has 2 aromatic rings. The minimum Gasteiger partial charge on any atom is -0.481 e. The predicted molar refractivity (Wildman–Crippen MR) is 126 cm³/mol. The van der Waals surface area contributed by atoms with Gasteiger partial charge in [-0.3, -0.25) is 9.59 Å². The van der Waals surface area contributed by atoms with Crippen molar-refractivity contribution in [1.29, 1.82) is 0 Å². The second-order valence-corrected chi connectivity index (χ2v) is 10.1. The topological polar surface area (TPSA) is 95.9 Å². The van der Waals surface area contributed by atoms with E-state index in [0.717, 1.165) is 19.3 Å². The van der Waals surface area contributed by atoms with Crippen LogP contribution in [-0.4, -0.2) is 53.7 Å². The summed E-state index contributed by atoms with van der Waals surface area (Å²) in [5.41, 5.74) is 3.87. The van der Waals surface area contributed by atoms with Crippen LogP contribution in [0.1, 0.15) is 49.7 Å². The highest BCUT2D eigenvalue weighted by molar-refractivity contribution is 5.84. The number of alkyl carbamates (subject to hydrolysis) is 1. The van der Waals surface area contributed by atoms with Gasteiger partial charge in [0, 0.05) is 31.0 Å². The van der Waals surface area contributed by atoms with Gasteiger partial charge >= 0.3 is 12.1 Å². The van der Waals surface area contributed by atoms with Crippen LogP contribution in [-0.2, 0) is 14.3 Å². The minimum atomic E-state index is -0.866. The van der Waals surface area contributed by atoms with Gasteiger partial charge in [0.2, 0.25) is 5.91 Å². The van der Waals surface area contributed by atoms with Gasteiger partial charge in [-0.25, -0.2) is 4.79 Å². The van der Waals surface area contributed by atoms with Crippen LogP contribution in [0, 0.1) is 11.3 Å². The molecule has 0 radical (unpaired) electrons. The number of carboxylic acids is 1. The van der Waals surface area contributed by atoms with Gasteiger partial charge in [0.15, 0.2) is 0 Å². The number of carbonyl (C=O) groups is 3. The van der Waals surface area contributed by atoms with Gasteiger partial charge in [-0.15, -0.1) is 0 Å². The van der Waals surface area contributed by atoms with E-state index in [1.54, 1.807) is 11.8 Å². The third-order valence-electron chi connectivity index (χ3n) is 7.60. The summed E-state index contributed by atoms with van der Waals surface area (Å²) in [7, 11) is 0. The maximum atomic E-state index is 12.8. The molecule has 2 amide bonds. The number of carbonyl (C=O) groups excluding carboxylic acids is 2. The Hall–Kier alpha value is -3.35. The zero-order valence-corrected chi connectivity index (χ0v) is 19.3. The summed E-state index contributed by atoms with van der Waals surface area (Å²) in [6.45, 7) is 2.43. The van der Waals surface area contributed by atoms with Crippen molar-refractivity contribution in [2.75, 3.05) is 19.7 Å². The molecular formula is C27H30N2O5. The molecule has 2 aliphatic carbocycles. The summed E-state index contributed by atoms with van der Waals surface area (Å²) in [5, 5.41) is 12.2. The summed E-state index contributed by atoms with van der Waals surface area (Å²) < 4.78 is 5.66. The molecule has 1 heterocycles. The van der Waals surface area contributed by atoms with Crippen LogP contribution in [0.15, 0.2) is 48.5 Å².